The minimum atomic E-state index is -3.52. The zero-order valence-corrected chi connectivity index (χ0v) is 16.1. The molecule has 0 radical (unpaired) electrons. The van der Waals surface area contributed by atoms with Crippen LogP contribution in [0, 0.1) is 5.41 Å². The van der Waals surface area contributed by atoms with Crippen molar-refractivity contribution in [2.75, 3.05) is 19.3 Å². The van der Waals surface area contributed by atoms with E-state index in [0.29, 0.717) is 24.5 Å². The van der Waals surface area contributed by atoms with Crippen LogP contribution in [0.25, 0.3) is 0 Å². The Hall–Kier alpha value is 0.0200. The van der Waals surface area contributed by atoms with Crippen molar-refractivity contribution in [3.05, 3.63) is 23.2 Å². The van der Waals surface area contributed by atoms with Gasteiger partial charge in [0.05, 0.1) is 9.92 Å². The zero-order chi connectivity index (χ0) is 15.8. The number of rotatable bonds is 3. The molecule has 2 N–H and O–H groups in total. The number of piperidine rings is 1. The number of benzene rings is 1. The predicted molar refractivity (Wildman–Crippen MR) is 95.6 cm³/mol. The van der Waals surface area contributed by atoms with Gasteiger partial charge in [-0.1, -0.05) is 25.4 Å². The lowest BCUT2D eigenvalue weighted by atomic mass is 9.81. The topological polar surface area (TPSA) is 63.4 Å². The number of thioether (sulfide) groups is 1. The van der Waals surface area contributed by atoms with Gasteiger partial charge in [0, 0.05) is 24.0 Å². The summed E-state index contributed by atoms with van der Waals surface area (Å²) in [7, 11) is -3.52. The molecule has 1 saturated heterocycles. The third kappa shape index (κ3) is 3.91. The first-order valence-electron chi connectivity index (χ1n) is 6.78. The van der Waals surface area contributed by atoms with E-state index in [4.69, 9.17) is 17.3 Å². The van der Waals surface area contributed by atoms with Gasteiger partial charge in [-0.25, -0.2) is 8.42 Å². The molecule has 1 aliphatic rings. The van der Waals surface area contributed by atoms with Crippen LogP contribution in [0.3, 0.4) is 0 Å². The number of sulfonamides is 1. The highest BCUT2D eigenvalue weighted by atomic mass is 35.5. The predicted octanol–water partition coefficient (Wildman–Crippen LogP) is 3.23. The Bertz CT molecular complexity index is 636. The SMILES string of the molecule is CSc1ccc(S(=O)(=O)N2CCC(N)C(C)(C)C2)cc1Cl.Cl. The van der Waals surface area contributed by atoms with Gasteiger partial charge in [-0.15, -0.1) is 24.2 Å². The Balaban J connectivity index is 0.00000242. The van der Waals surface area contributed by atoms with Gasteiger partial charge in [-0.2, -0.15) is 4.31 Å². The molecule has 2 rings (SSSR count). The lowest BCUT2D eigenvalue weighted by Gasteiger charge is -2.41. The van der Waals surface area contributed by atoms with E-state index in [-0.39, 0.29) is 28.8 Å². The molecule has 1 atom stereocenters. The van der Waals surface area contributed by atoms with Crippen LogP contribution in [0.5, 0.6) is 0 Å². The molecule has 1 heterocycles. The van der Waals surface area contributed by atoms with Gasteiger partial charge in [0.25, 0.3) is 0 Å². The molecule has 4 nitrogen and oxygen atoms in total. The summed E-state index contributed by atoms with van der Waals surface area (Å²) in [6.07, 6.45) is 2.58. The van der Waals surface area contributed by atoms with Crippen LogP contribution in [0.1, 0.15) is 20.3 Å². The molecule has 8 heteroatoms. The van der Waals surface area contributed by atoms with Gasteiger partial charge in [-0.05, 0) is 36.3 Å². The molecule has 1 aromatic carbocycles. The Kier molecular flexibility index (Phi) is 6.64. The molecule has 1 fully saturated rings. The minimum absolute atomic E-state index is 0. The lowest BCUT2D eigenvalue weighted by molar-refractivity contribution is 0.155. The monoisotopic (exact) mass is 384 g/mol. The molecular formula is C14H22Cl2N2O2S2. The van der Waals surface area contributed by atoms with Crippen LogP contribution in [-0.4, -0.2) is 38.1 Å². The van der Waals surface area contributed by atoms with Crippen molar-refractivity contribution in [2.24, 2.45) is 11.1 Å². The normalized spacial score (nSPS) is 22.1. The van der Waals surface area contributed by atoms with E-state index in [1.807, 2.05) is 20.1 Å². The van der Waals surface area contributed by atoms with E-state index in [9.17, 15) is 8.42 Å². The number of hydrogen-bond donors (Lipinski definition) is 1. The van der Waals surface area contributed by atoms with Crippen molar-refractivity contribution in [1.82, 2.24) is 4.31 Å². The highest BCUT2D eigenvalue weighted by Gasteiger charge is 2.38. The Morgan fingerprint density at radius 2 is 2.05 bits per heavy atom. The molecule has 0 saturated carbocycles. The van der Waals surface area contributed by atoms with Gasteiger partial charge >= 0.3 is 0 Å². The summed E-state index contributed by atoms with van der Waals surface area (Å²) in [6.45, 7) is 4.89. The van der Waals surface area contributed by atoms with Crippen LogP contribution >= 0.6 is 35.8 Å². The van der Waals surface area contributed by atoms with Crippen LogP contribution in [0.2, 0.25) is 5.02 Å². The summed E-state index contributed by atoms with van der Waals surface area (Å²) in [5.41, 5.74) is 5.85. The molecule has 22 heavy (non-hydrogen) atoms. The second kappa shape index (κ2) is 7.28. The van der Waals surface area contributed by atoms with E-state index in [2.05, 4.69) is 0 Å². The number of hydrogen-bond acceptors (Lipinski definition) is 4. The van der Waals surface area contributed by atoms with E-state index in [0.717, 1.165) is 4.90 Å². The van der Waals surface area contributed by atoms with Gasteiger partial charge < -0.3 is 5.73 Å². The van der Waals surface area contributed by atoms with Gasteiger partial charge in [0.15, 0.2) is 0 Å². The van der Waals surface area contributed by atoms with Crippen molar-refractivity contribution in [3.63, 3.8) is 0 Å². The molecule has 0 spiro atoms. The standard InChI is InChI=1S/C14H21ClN2O2S2.ClH/c1-14(2)9-17(7-6-13(14)16)21(18,19)10-4-5-12(20-3)11(15)8-10;/h4-5,8,13H,6-7,9,16H2,1-3H3;1H. The van der Waals surface area contributed by atoms with E-state index >= 15 is 0 Å². The fourth-order valence-corrected chi connectivity index (χ4v) is 5.07. The first kappa shape index (κ1) is 20.1. The van der Waals surface area contributed by atoms with Gasteiger partial charge in [-0.3, -0.25) is 0 Å². The fraction of sp³-hybridized carbons (Fsp3) is 0.571. The second-order valence-electron chi connectivity index (χ2n) is 6.02. The van der Waals surface area contributed by atoms with Crippen molar-refractivity contribution in [2.45, 2.75) is 36.1 Å². The maximum Gasteiger partial charge on any atom is 0.243 e. The highest BCUT2D eigenvalue weighted by molar-refractivity contribution is 7.98. The molecule has 1 aromatic rings. The van der Waals surface area contributed by atoms with E-state index in [1.165, 1.54) is 22.1 Å². The first-order valence-corrected chi connectivity index (χ1v) is 9.82. The van der Waals surface area contributed by atoms with Crippen LogP contribution < -0.4 is 5.73 Å². The molecule has 0 bridgehead atoms. The summed E-state index contributed by atoms with van der Waals surface area (Å²) in [5.74, 6) is 0. The van der Waals surface area contributed by atoms with Gasteiger partial charge in [0.2, 0.25) is 10.0 Å². The average molecular weight is 385 g/mol. The number of nitrogens with zero attached hydrogens (tertiary/aromatic N) is 1. The Morgan fingerprint density at radius 1 is 1.41 bits per heavy atom. The zero-order valence-electron chi connectivity index (χ0n) is 12.9. The number of nitrogens with two attached hydrogens (primary N) is 1. The van der Waals surface area contributed by atoms with E-state index in [1.54, 1.807) is 12.1 Å². The second-order valence-corrected chi connectivity index (χ2v) is 9.21. The van der Waals surface area contributed by atoms with Crippen molar-refractivity contribution in [1.29, 1.82) is 0 Å². The smallest absolute Gasteiger partial charge is 0.243 e. The number of halogens is 2. The molecule has 0 amide bonds. The fourth-order valence-electron chi connectivity index (χ4n) is 2.49. The Labute approximate surface area is 148 Å². The van der Waals surface area contributed by atoms with Crippen LogP contribution in [0.4, 0.5) is 0 Å². The van der Waals surface area contributed by atoms with Crippen molar-refractivity contribution >= 4 is 45.8 Å². The summed E-state index contributed by atoms with van der Waals surface area (Å²) in [5, 5.41) is 0.469. The average Bonchev–Trinajstić information content (AvgIpc) is 2.41. The molecule has 1 aliphatic heterocycles. The summed E-state index contributed by atoms with van der Waals surface area (Å²) in [4.78, 5) is 1.12. The van der Waals surface area contributed by atoms with Crippen molar-refractivity contribution < 1.29 is 8.42 Å². The van der Waals surface area contributed by atoms with Crippen molar-refractivity contribution in [3.8, 4) is 0 Å². The first-order chi connectivity index (χ1) is 9.68. The maximum atomic E-state index is 12.8. The third-order valence-corrected chi connectivity index (χ3v) is 7.10. The summed E-state index contributed by atoms with van der Waals surface area (Å²) < 4.78 is 27.0. The Morgan fingerprint density at radius 3 is 2.55 bits per heavy atom. The maximum absolute atomic E-state index is 12.8. The summed E-state index contributed by atoms with van der Waals surface area (Å²) >= 11 is 7.62. The molecule has 0 aromatic heterocycles. The summed E-state index contributed by atoms with van der Waals surface area (Å²) in [6, 6.07) is 4.92. The van der Waals surface area contributed by atoms with E-state index < -0.39 is 10.0 Å². The highest BCUT2D eigenvalue weighted by Crippen LogP contribution is 2.33. The van der Waals surface area contributed by atoms with Crippen LogP contribution in [-0.2, 0) is 10.0 Å². The molecule has 126 valence electrons. The molecule has 1 unspecified atom stereocenters. The van der Waals surface area contributed by atoms with Crippen LogP contribution in [0.15, 0.2) is 28.0 Å². The quantitative estimate of drug-likeness (QED) is 0.812. The van der Waals surface area contributed by atoms with Gasteiger partial charge in [0.1, 0.15) is 0 Å². The largest absolute Gasteiger partial charge is 0.327 e. The molecule has 0 aliphatic carbocycles. The third-order valence-electron chi connectivity index (χ3n) is 4.04. The molecular weight excluding hydrogens is 363 g/mol. The lowest BCUT2D eigenvalue weighted by Crippen LogP contribution is -2.53. The minimum Gasteiger partial charge on any atom is -0.327 e.